The van der Waals surface area contributed by atoms with Gasteiger partial charge in [0.2, 0.25) is 5.91 Å². The van der Waals surface area contributed by atoms with Crippen molar-refractivity contribution in [1.82, 2.24) is 14.9 Å². The number of carbonyl (C=O) groups is 1. The van der Waals surface area contributed by atoms with E-state index in [2.05, 4.69) is 18.7 Å². The Hall–Kier alpha value is -2.96. The van der Waals surface area contributed by atoms with Crippen molar-refractivity contribution in [2.24, 2.45) is 5.92 Å². The van der Waals surface area contributed by atoms with E-state index < -0.39 is 6.17 Å². The van der Waals surface area contributed by atoms with Crippen molar-refractivity contribution in [3.05, 3.63) is 47.5 Å². The third-order valence-corrected chi connectivity index (χ3v) is 6.66. The zero-order valence-electron chi connectivity index (χ0n) is 22.7. The predicted molar refractivity (Wildman–Crippen MR) is 146 cm³/mol. The number of rotatable bonds is 12. The molecule has 3 rings (SSSR count). The maximum Gasteiger partial charge on any atom is 0.222 e. The molecule has 6 nitrogen and oxygen atoms in total. The van der Waals surface area contributed by atoms with Crippen LogP contribution in [0.1, 0.15) is 64.3 Å². The second-order valence-corrected chi connectivity index (χ2v) is 10.0. The maximum atomic E-state index is 14.3. The summed E-state index contributed by atoms with van der Waals surface area (Å²) in [5, 5.41) is 0.922. The molecule has 0 bridgehead atoms. The summed E-state index contributed by atoms with van der Waals surface area (Å²) < 4.78 is 19.8. The summed E-state index contributed by atoms with van der Waals surface area (Å²) in [6, 6.07) is 6.08. The van der Waals surface area contributed by atoms with Crippen molar-refractivity contribution < 1.29 is 13.9 Å². The molecule has 196 valence electrons. The normalized spacial score (nSPS) is 15.6. The molecule has 1 atom stereocenters. The summed E-state index contributed by atoms with van der Waals surface area (Å²) in [4.78, 5) is 26.4. The minimum Gasteiger partial charge on any atom is -0.496 e. The number of hydrogen-bond donors (Lipinski definition) is 0. The first-order valence-electron chi connectivity index (χ1n) is 13.1. The van der Waals surface area contributed by atoms with Crippen molar-refractivity contribution in [2.45, 2.75) is 66.0 Å². The average molecular weight is 497 g/mol. The van der Waals surface area contributed by atoms with E-state index in [-0.39, 0.29) is 12.3 Å². The average Bonchev–Trinajstić information content (AvgIpc) is 2.85. The Morgan fingerprint density at radius 2 is 2.00 bits per heavy atom. The van der Waals surface area contributed by atoms with Crippen LogP contribution >= 0.6 is 0 Å². The Morgan fingerprint density at radius 3 is 2.69 bits per heavy atom. The summed E-state index contributed by atoms with van der Waals surface area (Å²) >= 11 is 0. The molecule has 1 aromatic heterocycles. The van der Waals surface area contributed by atoms with E-state index in [9.17, 15) is 9.18 Å². The molecule has 2 aromatic rings. The number of methoxy groups -OCH3 is 1. The van der Waals surface area contributed by atoms with Crippen molar-refractivity contribution >= 4 is 28.2 Å². The fraction of sp³-hybridized carbons (Fsp3) is 0.552. The van der Waals surface area contributed by atoms with Crippen molar-refractivity contribution in [3.63, 3.8) is 0 Å². The van der Waals surface area contributed by atoms with Crippen LogP contribution in [0.4, 0.5) is 10.2 Å². The number of halogens is 1. The number of anilines is 1. The highest BCUT2D eigenvalue weighted by molar-refractivity contribution is 5.92. The van der Waals surface area contributed by atoms with Crippen LogP contribution in [0.2, 0.25) is 0 Å². The number of nitrogens with zero attached hydrogens (tertiary/aromatic N) is 4. The SMILES string of the molecule is CCN(CCN(C)c1nc(C2=CC(F)CC=C2OC)nc2cc(C)ccc12)C(=O)CCCCC(C)C. The molecule has 7 heteroatoms. The molecular formula is C29H41FN4O2. The topological polar surface area (TPSA) is 58.6 Å². The van der Waals surface area contributed by atoms with Gasteiger partial charge < -0.3 is 14.5 Å². The van der Waals surface area contributed by atoms with Gasteiger partial charge in [-0.25, -0.2) is 14.4 Å². The number of unbranched alkanes of at least 4 members (excludes halogenated alkanes) is 1. The number of aromatic nitrogens is 2. The first kappa shape index (κ1) is 27.6. The lowest BCUT2D eigenvalue weighted by Crippen LogP contribution is -2.37. The van der Waals surface area contributed by atoms with E-state index in [1.165, 1.54) is 6.08 Å². The molecule has 1 amide bonds. The van der Waals surface area contributed by atoms with E-state index in [0.717, 1.165) is 41.5 Å². The molecule has 0 radical (unpaired) electrons. The number of benzene rings is 1. The van der Waals surface area contributed by atoms with Crippen LogP contribution in [0.3, 0.4) is 0 Å². The van der Waals surface area contributed by atoms with E-state index in [1.807, 2.05) is 44.0 Å². The zero-order chi connectivity index (χ0) is 26.2. The number of hydrogen-bond acceptors (Lipinski definition) is 5. The van der Waals surface area contributed by atoms with Crippen LogP contribution in [0, 0.1) is 12.8 Å². The number of fused-ring (bicyclic) bond motifs is 1. The second-order valence-electron chi connectivity index (χ2n) is 10.0. The Balaban J connectivity index is 1.82. The fourth-order valence-corrected chi connectivity index (χ4v) is 4.50. The van der Waals surface area contributed by atoms with E-state index in [0.29, 0.717) is 49.1 Å². The lowest BCUT2D eigenvalue weighted by Gasteiger charge is -2.26. The molecule has 0 saturated heterocycles. The summed E-state index contributed by atoms with van der Waals surface area (Å²) in [6.45, 7) is 10.4. The lowest BCUT2D eigenvalue weighted by molar-refractivity contribution is -0.131. The van der Waals surface area contributed by atoms with E-state index in [1.54, 1.807) is 13.2 Å². The van der Waals surface area contributed by atoms with Gasteiger partial charge in [-0.1, -0.05) is 32.8 Å². The fourth-order valence-electron chi connectivity index (χ4n) is 4.50. The minimum atomic E-state index is -1.10. The van der Waals surface area contributed by atoms with Gasteiger partial charge >= 0.3 is 0 Å². The van der Waals surface area contributed by atoms with Crippen LogP contribution < -0.4 is 4.90 Å². The van der Waals surface area contributed by atoms with Gasteiger partial charge in [-0.3, -0.25) is 4.79 Å². The molecular weight excluding hydrogens is 455 g/mol. The molecule has 0 fully saturated rings. The number of allylic oxidation sites excluding steroid dienone is 3. The molecule has 1 heterocycles. The Kier molecular flexibility index (Phi) is 9.85. The zero-order valence-corrected chi connectivity index (χ0v) is 22.7. The van der Waals surface area contributed by atoms with Gasteiger partial charge in [0.1, 0.15) is 17.7 Å². The van der Waals surface area contributed by atoms with Crippen molar-refractivity contribution in [2.75, 3.05) is 38.7 Å². The van der Waals surface area contributed by atoms with Crippen LogP contribution in [-0.4, -0.2) is 60.7 Å². The Bertz CT molecular complexity index is 1110. The minimum absolute atomic E-state index is 0.203. The molecule has 0 saturated carbocycles. The number of alkyl halides is 1. The van der Waals surface area contributed by atoms with Gasteiger partial charge in [0.05, 0.1) is 18.2 Å². The maximum absolute atomic E-state index is 14.3. The van der Waals surface area contributed by atoms with Gasteiger partial charge in [-0.15, -0.1) is 0 Å². The van der Waals surface area contributed by atoms with Gasteiger partial charge in [0, 0.05) is 44.9 Å². The number of likely N-dealkylation sites (N-methyl/N-ethyl adjacent to an activating group) is 2. The van der Waals surface area contributed by atoms with Crippen molar-refractivity contribution in [3.8, 4) is 0 Å². The van der Waals surface area contributed by atoms with Crippen molar-refractivity contribution in [1.29, 1.82) is 0 Å². The van der Waals surface area contributed by atoms with Crippen LogP contribution in [0.15, 0.2) is 36.1 Å². The molecule has 1 aliphatic rings. The standard InChI is InChI=1S/C29H41FN4O2/c1-7-34(27(35)11-9-8-10-20(2)3)17-16-33(5)29-23-14-12-21(4)18-25(23)31-28(32-29)24-19-22(30)13-15-26(24)36-6/h12,14-15,18-20,22H,7-11,13,16-17H2,1-6H3. The monoisotopic (exact) mass is 496 g/mol. The number of carbonyl (C=O) groups excluding carboxylic acids is 1. The lowest BCUT2D eigenvalue weighted by atomic mass is 10.0. The van der Waals surface area contributed by atoms with Gasteiger partial charge in [-0.05, 0) is 56.0 Å². The summed E-state index contributed by atoms with van der Waals surface area (Å²) in [7, 11) is 3.56. The Labute approximate surface area is 215 Å². The Morgan fingerprint density at radius 1 is 1.22 bits per heavy atom. The molecule has 0 spiro atoms. The van der Waals surface area contributed by atoms with E-state index in [4.69, 9.17) is 14.7 Å². The number of amides is 1. The first-order chi connectivity index (χ1) is 17.2. The molecule has 1 unspecified atom stereocenters. The predicted octanol–water partition coefficient (Wildman–Crippen LogP) is 6.09. The third-order valence-electron chi connectivity index (χ3n) is 6.66. The summed E-state index contributed by atoms with van der Waals surface area (Å²) in [6.07, 6.45) is 6.24. The quantitative estimate of drug-likeness (QED) is 0.333. The first-order valence-corrected chi connectivity index (χ1v) is 13.1. The molecule has 0 aliphatic heterocycles. The van der Waals surface area contributed by atoms with Crippen LogP contribution in [-0.2, 0) is 9.53 Å². The van der Waals surface area contributed by atoms with Crippen LogP contribution in [0.5, 0.6) is 0 Å². The number of aryl methyl sites for hydroxylation is 1. The third kappa shape index (κ3) is 7.05. The summed E-state index contributed by atoms with van der Waals surface area (Å²) in [5.74, 6) is 2.66. The van der Waals surface area contributed by atoms with Gasteiger partial charge in [0.25, 0.3) is 0 Å². The van der Waals surface area contributed by atoms with Gasteiger partial charge in [0.15, 0.2) is 5.82 Å². The highest BCUT2D eigenvalue weighted by Gasteiger charge is 2.22. The highest BCUT2D eigenvalue weighted by Crippen LogP contribution is 2.32. The number of ether oxygens (including phenoxy) is 1. The summed E-state index contributed by atoms with van der Waals surface area (Å²) in [5.41, 5.74) is 2.46. The second kappa shape index (κ2) is 12.8. The van der Waals surface area contributed by atoms with E-state index >= 15 is 0 Å². The molecule has 1 aromatic carbocycles. The van der Waals surface area contributed by atoms with Crippen LogP contribution in [0.25, 0.3) is 16.5 Å². The highest BCUT2D eigenvalue weighted by atomic mass is 19.1. The molecule has 36 heavy (non-hydrogen) atoms. The van der Waals surface area contributed by atoms with Gasteiger partial charge in [-0.2, -0.15) is 0 Å². The smallest absolute Gasteiger partial charge is 0.222 e. The largest absolute Gasteiger partial charge is 0.496 e. The molecule has 0 N–H and O–H groups in total. The molecule has 1 aliphatic carbocycles.